The van der Waals surface area contributed by atoms with Gasteiger partial charge >= 0.3 is 6.01 Å². The van der Waals surface area contributed by atoms with Gasteiger partial charge in [-0.25, -0.2) is 0 Å². The van der Waals surface area contributed by atoms with Crippen LogP contribution in [-0.2, 0) is 0 Å². The fourth-order valence-corrected chi connectivity index (χ4v) is 9.43. The third-order valence-electron chi connectivity index (χ3n) is 10.4. The van der Waals surface area contributed by atoms with Gasteiger partial charge in [0, 0.05) is 37.3 Å². The molecule has 0 saturated heterocycles. The van der Waals surface area contributed by atoms with Crippen LogP contribution in [0.2, 0.25) is 0 Å². The summed E-state index contributed by atoms with van der Waals surface area (Å²) in [7, 11) is 0. The number of fused-ring (bicyclic) bond motifs is 11. The first-order valence-corrected chi connectivity index (χ1v) is 17.6. The number of anilines is 2. The Labute approximate surface area is 287 Å². The first-order chi connectivity index (χ1) is 24.3. The molecule has 2 aliphatic rings. The lowest BCUT2D eigenvalue weighted by atomic mass is 9.81. The Morgan fingerprint density at radius 2 is 1.37 bits per heavy atom. The molecule has 3 nitrogen and oxygen atoms in total. The number of hydrogen-bond donors (Lipinski definition) is 0. The van der Waals surface area contributed by atoms with Crippen molar-refractivity contribution in [3.63, 3.8) is 0 Å². The van der Waals surface area contributed by atoms with Crippen LogP contribution in [0.25, 0.3) is 70.4 Å². The maximum absolute atomic E-state index is 6.93. The summed E-state index contributed by atoms with van der Waals surface area (Å²) in [4.78, 5) is 7.61. The van der Waals surface area contributed by atoms with E-state index in [-0.39, 0.29) is 12.0 Å². The zero-order valence-electron chi connectivity index (χ0n) is 26.4. The number of para-hydroxylation sites is 1. The van der Waals surface area contributed by atoms with Crippen molar-refractivity contribution in [3.05, 3.63) is 168 Å². The molecule has 0 fully saturated rings. The van der Waals surface area contributed by atoms with Gasteiger partial charge in [-0.2, -0.15) is 4.98 Å². The number of nitrogens with zero attached hydrogens (tertiary/aromatic N) is 2. The highest BCUT2D eigenvalue weighted by atomic mass is 32.1. The van der Waals surface area contributed by atoms with Crippen molar-refractivity contribution >= 4 is 71.2 Å². The van der Waals surface area contributed by atoms with E-state index in [0.29, 0.717) is 6.01 Å². The monoisotopic (exact) mass is 644 g/mol. The van der Waals surface area contributed by atoms with Gasteiger partial charge in [-0.15, -0.1) is 11.3 Å². The number of hydrogen-bond acceptors (Lipinski definition) is 4. The quantitative estimate of drug-likeness (QED) is 0.192. The summed E-state index contributed by atoms with van der Waals surface area (Å²) < 4.78 is 9.40. The summed E-state index contributed by atoms with van der Waals surface area (Å²) in [6, 6.07) is 53.3. The molecule has 1 aliphatic heterocycles. The Morgan fingerprint density at radius 3 is 2.27 bits per heavy atom. The van der Waals surface area contributed by atoms with Gasteiger partial charge in [0.05, 0.1) is 6.04 Å². The lowest BCUT2D eigenvalue weighted by molar-refractivity contribution is 0.576. The molecule has 0 radical (unpaired) electrons. The Morgan fingerprint density at radius 1 is 0.633 bits per heavy atom. The highest BCUT2D eigenvalue weighted by Gasteiger charge is 2.43. The van der Waals surface area contributed by atoms with E-state index in [2.05, 4.69) is 163 Å². The first-order valence-electron chi connectivity index (χ1n) is 16.8. The molecule has 230 valence electrons. The SMILES string of the molecule is C1=CC2C(c3ccccc31)c1ccccc1N2c1nc2cc(-c3ccc4cc(-c5ccccc5)ccc4c3)c3sc4ccccc4c3c2o1. The Balaban J connectivity index is 1.10. The molecule has 2 unspecified atom stereocenters. The van der Waals surface area contributed by atoms with Crippen molar-refractivity contribution in [2.45, 2.75) is 12.0 Å². The zero-order valence-corrected chi connectivity index (χ0v) is 27.2. The second-order valence-corrected chi connectivity index (χ2v) is 14.2. The fraction of sp³-hybridized carbons (Fsp3) is 0.0444. The van der Waals surface area contributed by atoms with Crippen molar-refractivity contribution in [2.75, 3.05) is 4.90 Å². The van der Waals surface area contributed by atoms with Gasteiger partial charge in [-0.05, 0) is 74.5 Å². The van der Waals surface area contributed by atoms with Crippen molar-refractivity contribution in [1.82, 2.24) is 4.98 Å². The fourth-order valence-electron chi connectivity index (χ4n) is 8.19. The second-order valence-electron chi connectivity index (χ2n) is 13.1. The Hall–Kier alpha value is -5.97. The van der Waals surface area contributed by atoms with Crippen LogP contribution < -0.4 is 4.90 Å². The standard InChI is InChI=1S/C45H28N2OS/c1-2-10-27(11-3-1)29-18-19-31-25-32(21-20-30(31)24-29)36-26-37-43(42-35-15-7-9-17-40(35)49-44(36)42)48-45(46-37)47-38-16-8-6-14-34(38)41-33-13-5-4-12-28(33)22-23-39(41)47/h1-26,39,41H. The number of rotatable bonds is 3. The van der Waals surface area contributed by atoms with Gasteiger partial charge in [-0.1, -0.05) is 127 Å². The van der Waals surface area contributed by atoms with Crippen LogP contribution in [0.1, 0.15) is 22.6 Å². The van der Waals surface area contributed by atoms with E-state index in [1.807, 2.05) is 11.3 Å². The molecule has 11 rings (SSSR count). The average Bonchev–Trinajstić information content (AvgIpc) is 3.86. The third-order valence-corrected chi connectivity index (χ3v) is 11.6. The lowest BCUT2D eigenvalue weighted by Gasteiger charge is -2.28. The van der Waals surface area contributed by atoms with E-state index in [1.165, 1.54) is 64.5 Å². The molecular formula is C45H28N2OS. The second kappa shape index (κ2) is 10.3. The van der Waals surface area contributed by atoms with Crippen LogP contribution in [-0.4, -0.2) is 11.0 Å². The van der Waals surface area contributed by atoms with Crippen LogP contribution in [0.4, 0.5) is 11.7 Å². The minimum Gasteiger partial charge on any atom is -0.422 e. The molecule has 0 N–H and O–H groups in total. The zero-order chi connectivity index (χ0) is 32.1. The molecule has 2 atom stereocenters. The summed E-state index contributed by atoms with van der Waals surface area (Å²) in [5.74, 6) is 0.213. The van der Waals surface area contributed by atoms with Gasteiger partial charge < -0.3 is 4.42 Å². The first kappa shape index (κ1) is 27.0. The molecule has 0 amide bonds. The predicted molar refractivity (Wildman–Crippen MR) is 205 cm³/mol. The Kier molecular flexibility index (Phi) is 5.66. The number of oxazole rings is 1. The molecule has 9 aromatic rings. The Bertz CT molecular complexity index is 2810. The number of aromatic nitrogens is 1. The van der Waals surface area contributed by atoms with E-state index in [4.69, 9.17) is 9.40 Å². The lowest BCUT2D eigenvalue weighted by Crippen LogP contribution is -2.30. The molecule has 2 aromatic heterocycles. The topological polar surface area (TPSA) is 29.3 Å². The van der Waals surface area contributed by atoms with Gasteiger partial charge in [0.2, 0.25) is 0 Å². The molecular weight excluding hydrogens is 617 g/mol. The van der Waals surface area contributed by atoms with Crippen molar-refractivity contribution in [1.29, 1.82) is 0 Å². The minimum atomic E-state index is 0.0795. The van der Waals surface area contributed by atoms with Gasteiger partial charge in [0.25, 0.3) is 0 Å². The van der Waals surface area contributed by atoms with Crippen molar-refractivity contribution in [3.8, 4) is 22.3 Å². The third kappa shape index (κ3) is 3.98. The van der Waals surface area contributed by atoms with E-state index in [9.17, 15) is 0 Å². The van der Waals surface area contributed by atoms with Crippen LogP contribution in [0.5, 0.6) is 0 Å². The minimum absolute atomic E-state index is 0.0795. The van der Waals surface area contributed by atoms with Gasteiger partial charge in [0.15, 0.2) is 5.58 Å². The average molecular weight is 645 g/mol. The van der Waals surface area contributed by atoms with E-state index < -0.39 is 0 Å². The number of benzene rings is 7. The molecule has 7 aromatic carbocycles. The summed E-state index contributed by atoms with van der Waals surface area (Å²) >= 11 is 1.83. The summed E-state index contributed by atoms with van der Waals surface area (Å²) in [6.45, 7) is 0. The van der Waals surface area contributed by atoms with E-state index >= 15 is 0 Å². The molecule has 49 heavy (non-hydrogen) atoms. The molecule has 3 heterocycles. The highest BCUT2D eigenvalue weighted by molar-refractivity contribution is 7.26. The van der Waals surface area contributed by atoms with Gasteiger partial charge in [0.1, 0.15) is 5.52 Å². The summed E-state index contributed by atoms with van der Waals surface area (Å²) in [5.41, 5.74) is 11.6. The highest BCUT2D eigenvalue weighted by Crippen LogP contribution is 2.52. The van der Waals surface area contributed by atoms with E-state index in [0.717, 1.165) is 22.2 Å². The summed E-state index contributed by atoms with van der Waals surface area (Å²) in [6.07, 6.45) is 4.57. The van der Waals surface area contributed by atoms with Crippen molar-refractivity contribution < 1.29 is 4.42 Å². The number of thiophene rings is 1. The van der Waals surface area contributed by atoms with Gasteiger partial charge in [-0.3, -0.25) is 4.90 Å². The molecule has 0 spiro atoms. The maximum atomic E-state index is 6.93. The smallest absolute Gasteiger partial charge is 0.303 e. The molecule has 4 heteroatoms. The predicted octanol–water partition coefficient (Wildman–Crippen LogP) is 12.4. The molecule has 0 bridgehead atoms. The normalized spacial score (nSPS) is 16.4. The van der Waals surface area contributed by atoms with Crippen LogP contribution in [0.15, 0.2) is 156 Å². The largest absolute Gasteiger partial charge is 0.422 e. The maximum Gasteiger partial charge on any atom is 0.303 e. The van der Waals surface area contributed by atoms with Crippen LogP contribution >= 0.6 is 11.3 Å². The molecule has 1 aliphatic carbocycles. The van der Waals surface area contributed by atoms with Crippen molar-refractivity contribution in [2.24, 2.45) is 0 Å². The van der Waals surface area contributed by atoms with Crippen LogP contribution in [0, 0.1) is 0 Å². The van der Waals surface area contributed by atoms with Crippen LogP contribution in [0.3, 0.4) is 0 Å². The van der Waals surface area contributed by atoms with E-state index in [1.54, 1.807) is 0 Å². The summed E-state index contributed by atoms with van der Waals surface area (Å²) in [5, 5.41) is 4.79. The molecule has 0 saturated carbocycles.